The van der Waals surface area contributed by atoms with E-state index in [9.17, 15) is 14.0 Å². The average molecular weight is 279 g/mol. The molecule has 0 radical (unpaired) electrons. The first-order valence-electron chi connectivity index (χ1n) is 6.79. The molecule has 0 N–H and O–H groups in total. The summed E-state index contributed by atoms with van der Waals surface area (Å²) in [7, 11) is 0. The molecule has 0 saturated heterocycles. The highest BCUT2D eigenvalue weighted by Gasteiger charge is 2.33. The van der Waals surface area contributed by atoms with Crippen molar-refractivity contribution in [1.29, 1.82) is 0 Å². The summed E-state index contributed by atoms with van der Waals surface area (Å²) in [6.45, 7) is 2.04. The van der Waals surface area contributed by atoms with Crippen LogP contribution in [0, 0.1) is 5.82 Å². The van der Waals surface area contributed by atoms with Crippen LogP contribution >= 0.6 is 0 Å². The monoisotopic (exact) mass is 279 g/mol. The smallest absolute Gasteiger partial charge is 0.325 e. The van der Waals surface area contributed by atoms with Gasteiger partial charge in [-0.25, -0.2) is 4.39 Å². The van der Waals surface area contributed by atoms with E-state index in [2.05, 4.69) is 0 Å². The van der Waals surface area contributed by atoms with Crippen molar-refractivity contribution in [1.82, 2.24) is 4.90 Å². The van der Waals surface area contributed by atoms with Crippen molar-refractivity contribution in [2.24, 2.45) is 0 Å². The molecule has 1 aromatic rings. The van der Waals surface area contributed by atoms with E-state index in [0.29, 0.717) is 6.61 Å². The minimum absolute atomic E-state index is 0.00145. The molecule has 0 aromatic heterocycles. The van der Waals surface area contributed by atoms with Crippen LogP contribution in [0.2, 0.25) is 0 Å². The van der Waals surface area contributed by atoms with Crippen molar-refractivity contribution >= 4 is 11.9 Å². The fourth-order valence-corrected chi connectivity index (χ4v) is 2.03. The maximum Gasteiger partial charge on any atom is 0.325 e. The standard InChI is InChI=1S/C15H18FNO3/c1-2-20-15(19)10-17(13-7-8-13)14(18)9-11-3-5-12(16)6-4-11/h3-6,13H,2,7-10H2,1H3. The Bertz CT molecular complexity index is 482. The van der Waals surface area contributed by atoms with Crippen LogP contribution in [0.5, 0.6) is 0 Å². The zero-order valence-corrected chi connectivity index (χ0v) is 11.5. The third kappa shape index (κ3) is 4.05. The fraction of sp³-hybridized carbons (Fsp3) is 0.467. The maximum absolute atomic E-state index is 12.8. The van der Waals surface area contributed by atoms with Gasteiger partial charge in [-0.05, 0) is 37.5 Å². The minimum Gasteiger partial charge on any atom is -0.465 e. The van der Waals surface area contributed by atoms with Gasteiger partial charge in [0.1, 0.15) is 12.4 Å². The van der Waals surface area contributed by atoms with E-state index in [0.717, 1.165) is 18.4 Å². The number of benzene rings is 1. The summed E-state index contributed by atoms with van der Waals surface area (Å²) in [6, 6.07) is 5.98. The van der Waals surface area contributed by atoms with Gasteiger partial charge >= 0.3 is 5.97 Å². The number of rotatable bonds is 6. The number of carbonyl (C=O) groups is 2. The van der Waals surface area contributed by atoms with E-state index >= 15 is 0 Å². The van der Waals surface area contributed by atoms with Crippen LogP contribution in [0.3, 0.4) is 0 Å². The average Bonchev–Trinajstić information content (AvgIpc) is 3.23. The second-order valence-corrected chi connectivity index (χ2v) is 4.86. The van der Waals surface area contributed by atoms with Crippen LogP contribution < -0.4 is 0 Å². The molecule has 1 fully saturated rings. The first kappa shape index (κ1) is 14.5. The predicted molar refractivity (Wildman–Crippen MR) is 71.5 cm³/mol. The number of carbonyl (C=O) groups excluding carboxylic acids is 2. The van der Waals surface area contributed by atoms with Gasteiger partial charge in [-0.3, -0.25) is 9.59 Å². The van der Waals surface area contributed by atoms with E-state index in [1.807, 2.05) is 0 Å². The van der Waals surface area contributed by atoms with Gasteiger partial charge in [0.05, 0.1) is 13.0 Å². The highest BCUT2D eigenvalue weighted by atomic mass is 19.1. The van der Waals surface area contributed by atoms with E-state index < -0.39 is 0 Å². The van der Waals surface area contributed by atoms with Gasteiger partial charge in [0, 0.05) is 6.04 Å². The highest BCUT2D eigenvalue weighted by Crippen LogP contribution is 2.27. The Morgan fingerprint density at radius 3 is 2.50 bits per heavy atom. The highest BCUT2D eigenvalue weighted by molar-refractivity contribution is 5.84. The molecule has 4 nitrogen and oxygen atoms in total. The second kappa shape index (κ2) is 6.50. The predicted octanol–water partition coefficient (Wildman–Crippen LogP) is 1.92. The Hall–Kier alpha value is -1.91. The number of hydrogen-bond donors (Lipinski definition) is 0. The molecule has 1 amide bonds. The maximum atomic E-state index is 12.8. The van der Waals surface area contributed by atoms with Gasteiger partial charge in [0.2, 0.25) is 5.91 Å². The summed E-state index contributed by atoms with van der Waals surface area (Å²) in [4.78, 5) is 25.3. The Balaban J connectivity index is 1.96. The first-order chi connectivity index (χ1) is 9.60. The topological polar surface area (TPSA) is 46.6 Å². The number of amides is 1. The molecule has 0 heterocycles. The van der Waals surface area contributed by atoms with Gasteiger partial charge in [-0.1, -0.05) is 12.1 Å². The summed E-state index contributed by atoms with van der Waals surface area (Å²) in [5, 5.41) is 0. The lowest BCUT2D eigenvalue weighted by Gasteiger charge is -2.21. The zero-order valence-electron chi connectivity index (χ0n) is 11.5. The van der Waals surface area contributed by atoms with Gasteiger partial charge in [-0.15, -0.1) is 0 Å². The first-order valence-corrected chi connectivity index (χ1v) is 6.79. The second-order valence-electron chi connectivity index (χ2n) is 4.86. The molecule has 20 heavy (non-hydrogen) atoms. The van der Waals surface area contributed by atoms with Crippen molar-refractivity contribution in [2.75, 3.05) is 13.2 Å². The normalized spacial score (nSPS) is 13.9. The van der Waals surface area contributed by atoms with Crippen molar-refractivity contribution in [3.8, 4) is 0 Å². The van der Waals surface area contributed by atoms with Crippen LogP contribution in [-0.2, 0) is 20.7 Å². The molecular weight excluding hydrogens is 261 g/mol. The Morgan fingerprint density at radius 1 is 1.30 bits per heavy atom. The summed E-state index contributed by atoms with van der Waals surface area (Å²) >= 11 is 0. The molecule has 0 unspecified atom stereocenters. The van der Waals surface area contributed by atoms with Crippen molar-refractivity contribution in [2.45, 2.75) is 32.2 Å². The van der Waals surface area contributed by atoms with Crippen molar-refractivity contribution < 1.29 is 18.7 Å². The molecule has 1 aromatic carbocycles. The lowest BCUT2D eigenvalue weighted by atomic mass is 10.1. The Kier molecular flexibility index (Phi) is 4.71. The number of esters is 1. The lowest BCUT2D eigenvalue weighted by molar-refractivity contribution is -0.149. The number of nitrogens with zero attached hydrogens (tertiary/aromatic N) is 1. The molecule has 1 aliphatic rings. The van der Waals surface area contributed by atoms with Crippen LogP contribution in [0.15, 0.2) is 24.3 Å². The molecule has 0 spiro atoms. The van der Waals surface area contributed by atoms with Crippen LogP contribution in [-0.4, -0.2) is 36.0 Å². The molecule has 2 rings (SSSR count). The Labute approximate surface area is 117 Å². The SMILES string of the molecule is CCOC(=O)CN(C(=O)Cc1ccc(F)cc1)C1CC1. The summed E-state index contributed by atoms with van der Waals surface area (Å²) < 4.78 is 17.7. The van der Waals surface area contributed by atoms with Crippen molar-refractivity contribution in [3.63, 3.8) is 0 Å². The van der Waals surface area contributed by atoms with E-state index in [1.165, 1.54) is 12.1 Å². The van der Waals surface area contributed by atoms with E-state index in [4.69, 9.17) is 4.74 Å². The van der Waals surface area contributed by atoms with Crippen LogP contribution in [0.1, 0.15) is 25.3 Å². The quantitative estimate of drug-likeness (QED) is 0.747. The summed E-state index contributed by atoms with van der Waals surface area (Å²) in [6.07, 6.45) is 2.03. The molecule has 1 saturated carbocycles. The van der Waals surface area contributed by atoms with Gasteiger partial charge in [-0.2, -0.15) is 0 Å². The lowest BCUT2D eigenvalue weighted by Crippen LogP contribution is -2.39. The fourth-order valence-electron chi connectivity index (χ4n) is 2.03. The molecule has 108 valence electrons. The number of halogens is 1. The molecule has 0 bridgehead atoms. The van der Waals surface area contributed by atoms with E-state index in [1.54, 1.807) is 24.0 Å². The van der Waals surface area contributed by atoms with Gasteiger partial charge in [0.15, 0.2) is 0 Å². The Morgan fingerprint density at radius 2 is 1.95 bits per heavy atom. The van der Waals surface area contributed by atoms with Crippen molar-refractivity contribution in [3.05, 3.63) is 35.6 Å². The van der Waals surface area contributed by atoms with Gasteiger partial charge in [0.25, 0.3) is 0 Å². The molecular formula is C15H18FNO3. The molecule has 0 atom stereocenters. The summed E-state index contributed by atoms with van der Waals surface area (Å²) in [5.74, 6) is -0.828. The van der Waals surface area contributed by atoms with E-state index in [-0.39, 0.29) is 36.7 Å². The molecule has 1 aliphatic carbocycles. The molecule has 0 aliphatic heterocycles. The largest absolute Gasteiger partial charge is 0.465 e. The van der Waals surface area contributed by atoms with Crippen LogP contribution in [0.4, 0.5) is 4.39 Å². The number of hydrogen-bond acceptors (Lipinski definition) is 3. The third-order valence-electron chi connectivity index (χ3n) is 3.18. The summed E-state index contributed by atoms with van der Waals surface area (Å²) in [5.41, 5.74) is 0.742. The number of ether oxygens (including phenoxy) is 1. The van der Waals surface area contributed by atoms with Gasteiger partial charge < -0.3 is 9.64 Å². The molecule has 5 heteroatoms. The minimum atomic E-state index is -0.383. The zero-order chi connectivity index (χ0) is 14.5. The van der Waals surface area contributed by atoms with Crippen LogP contribution in [0.25, 0.3) is 0 Å². The third-order valence-corrected chi connectivity index (χ3v) is 3.18.